The molecular weight excluding hydrogens is 382 g/mol. The standard InChI is InChI=1S/C19H27N3O7/c20-17(26)12-6-7-22(19(12,28)29)18(27)16(25)13(8-11-4-2-1-3-5-11)21-9-14(23)15(24)10-21/h1-5,12-16,23-25,28-29H,6-10H2,(H2,20,26)/t12?,13-,14+,15+,16?/m0/s1. The number of β-amino-alcohol motifs (C(OH)–C–C–N with tert-alkyl or cyclic N) is 2. The Morgan fingerprint density at radius 3 is 2.24 bits per heavy atom. The summed E-state index contributed by atoms with van der Waals surface area (Å²) >= 11 is 0. The van der Waals surface area contributed by atoms with Crippen molar-refractivity contribution in [2.75, 3.05) is 19.6 Å². The predicted molar refractivity (Wildman–Crippen MR) is 99.7 cm³/mol. The fourth-order valence-electron chi connectivity index (χ4n) is 4.10. The van der Waals surface area contributed by atoms with Crippen LogP contribution in [0.4, 0.5) is 0 Å². The van der Waals surface area contributed by atoms with Crippen molar-refractivity contribution in [2.24, 2.45) is 11.7 Å². The number of nitrogens with two attached hydrogens (primary N) is 1. The van der Waals surface area contributed by atoms with Crippen molar-refractivity contribution in [1.82, 2.24) is 9.80 Å². The molecule has 1 aromatic carbocycles. The highest BCUT2D eigenvalue weighted by atomic mass is 16.5. The summed E-state index contributed by atoms with van der Waals surface area (Å²) in [5.41, 5.74) is 6.00. The van der Waals surface area contributed by atoms with Crippen molar-refractivity contribution >= 4 is 11.8 Å². The third-order valence-corrected chi connectivity index (χ3v) is 5.78. The van der Waals surface area contributed by atoms with E-state index in [0.717, 1.165) is 5.56 Å². The van der Waals surface area contributed by atoms with E-state index >= 15 is 0 Å². The van der Waals surface area contributed by atoms with Crippen molar-refractivity contribution in [3.63, 3.8) is 0 Å². The van der Waals surface area contributed by atoms with Crippen molar-refractivity contribution in [2.45, 2.75) is 43.1 Å². The van der Waals surface area contributed by atoms with Gasteiger partial charge in [-0.2, -0.15) is 0 Å². The number of rotatable bonds is 6. The lowest BCUT2D eigenvalue weighted by atomic mass is 9.98. The molecule has 29 heavy (non-hydrogen) atoms. The molecule has 0 saturated carbocycles. The predicted octanol–water partition coefficient (Wildman–Crippen LogP) is -3.03. The van der Waals surface area contributed by atoms with Gasteiger partial charge in [-0.1, -0.05) is 30.3 Å². The molecule has 7 N–H and O–H groups in total. The van der Waals surface area contributed by atoms with E-state index < -0.39 is 48.0 Å². The number of primary amides is 1. The SMILES string of the molecule is NC(=O)C1CCN(C(=O)C(O)[C@H](Cc2ccccc2)N2C[C@@H](O)[C@H](O)C2)C1(O)O. The molecule has 2 unspecified atom stereocenters. The highest BCUT2D eigenvalue weighted by molar-refractivity contribution is 5.85. The molecule has 2 amide bonds. The lowest BCUT2D eigenvalue weighted by Gasteiger charge is -2.36. The molecular formula is C19H27N3O7. The van der Waals surface area contributed by atoms with Gasteiger partial charge in [-0.25, -0.2) is 0 Å². The van der Waals surface area contributed by atoms with E-state index in [-0.39, 0.29) is 32.5 Å². The van der Waals surface area contributed by atoms with Crippen molar-refractivity contribution in [3.8, 4) is 0 Å². The summed E-state index contributed by atoms with van der Waals surface area (Å²) in [7, 11) is 0. The van der Waals surface area contributed by atoms with Gasteiger partial charge in [0.1, 0.15) is 12.0 Å². The van der Waals surface area contributed by atoms with E-state index in [1.807, 2.05) is 18.2 Å². The van der Waals surface area contributed by atoms with E-state index in [4.69, 9.17) is 5.73 Å². The average Bonchev–Trinajstić information content (AvgIpc) is 3.17. The molecule has 0 spiro atoms. The molecule has 160 valence electrons. The van der Waals surface area contributed by atoms with Crippen LogP contribution in [-0.2, 0) is 16.0 Å². The highest BCUT2D eigenvalue weighted by Gasteiger charge is 2.53. The molecule has 2 fully saturated rings. The normalized spacial score (nSPS) is 29.0. The first-order valence-corrected chi connectivity index (χ1v) is 9.50. The largest absolute Gasteiger partial charge is 0.389 e. The van der Waals surface area contributed by atoms with Crippen LogP contribution in [0, 0.1) is 5.92 Å². The molecule has 10 heteroatoms. The molecule has 5 atom stereocenters. The van der Waals surface area contributed by atoms with Crippen molar-refractivity contribution in [1.29, 1.82) is 0 Å². The first-order chi connectivity index (χ1) is 13.6. The fraction of sp³-hybridized carbons (Fsp3) is 0.579. The Hall–Kier alpha value is -2.08. The van der Waals surface area contributed by atoms with Crippen molar-refractivity contribution < 1.29 is 35.1 Å². The van der Waals surface area contributed by atoms with Gasteiger partial charge >= 0.3 is 0 Å². The number of likely N-dealkylation sites (tertiary alicyclic amines) is 2. The number of hydrogen-bond donors (Lipinski definition) is 6. The van der Waals surface area contributed by atoms with Crippen molar-refractivity contribution in [3.05, 3.63) is 35.9 Å². The average molecular weight is 409 g/mol. The van der Waals surface area contributed by atoms with Gasteiger partial charge in [0.05, 0.1) is 12.2 Å². The van der Waals surface area contributed by atoms with Crippen LogP contribution in [0.15, 0.2) is 30.3 Å². The maximum atomic E-state index is 12.9. The van der Waals surface area contributed by atoms with Crippen LogP contribution < -0.4 is 5.73 Å². The van der Waals surface area contributed by atoms with Crippen LogP contribution in [0.3, 0.4) is 0 Å². The maximum Gasteiger partial charge on any atom is 0.261 e. The Morgan fingerprint density at radius 2 is 1.72 bits per heavy atom. The van der Waals surface area contributed by atoms with E-state index in [1.54, 1.807) is 17.0 Å². The Kier molecular flexibility index (Phi) is 6.22. The Balaban J connectivity index is 1.83. The summed E-state index contributed by atoms with van der Waals surface area (Å²) in [5.74, 6) is -6.06. The fourth-order valence-corrected chi connectivity index (χ4v) is 4.10. The molecule has 0 radical (unpaired) electrons. The minimum absolute atomic E-state index is 0.0364. The summed E-state index contributed by atoms with van der Waals surface area (Å²) in [6.07, 6.45) is -3.53. The summed E-state index contributed by atoms with van der Waals surface area (Å²) in [4.78, 5) is 26.6. The van der Waals surface area contributed by atoms with E-state index in [9.17, 15) is 35.1 Å². The second-order valence-corrected chi connectivity index (χ2v) is 7.71. The van der Waals surface area contributed by atoms with Gasteiger partial charge < -0.3 is 31.3 Å². The minimum atomic E-state index is -2.79. The number of nitrogens with zero attached hydrogens (tertiary/aromatic N) is 2. The Labute approximate surface area is 167 Å². The molecule has 2 saturated heterocycles. The lowest BCUT2D eigenvalue weighted by molar-refractivity contribution is -0.261. The number of carbonyl (C=O) groups is 2. The molecule has 3 rings (SSSR count). The van der Waals surface area contributed by atoms with Gasteiger partial charge in [0, 0.05) is 25.7 Å². The van der Waals surface area contributed by atoms with Gasteiger partial charge in [-0.3, -0.25) is 19.4 Å². The summed E-state index contributed by atoms with van der Waals surface area (Å²) < 4.78 is 0. The zero-order valence-electron chi connectivity index (χ0n) is 15.8. The third kappa shape index (κ3) is 4.27. The van der Waals surface area contributed by atoms with Gasteiger partial charge in [0.15, 0.2) is 0 Å². The molecule has 0 aromatic heterocycles. The smallest absolute Gasteiger partial charge is 0.261 e. The van der Waals surface area contributed by atoms with E-state index in [0.29, 0.717) is 4.90 Å². The summed E-state index contributed by atoms with van der Waals surface area (Å²) in [6.45, 7) is -0.0492. The second kappa shape index (κ2) is 8.34. The number of aliphatic hydroxyl groups is 5. The molecule has 0 aliphatic carbocycles. The van der Waals surface area contributed by atoms with Crippen LogP contribution in [-0.4, -0.2) is 97.0 Å². The molecule has 2 heterocycles. The first-order valence-electron chi connectivity index (χ1n) is 9.50. The molecule has 10 nitrogen and oxygen atoms in total. The van der Waals surface area contributed by atoms with Crippen LogP contribution in [0.5, 0.6) is 0 Å². The van der Waals surface area contributed by atoms with Crippen LogP contribution >= 0.6 is 0 Å². The molecule has 2 aliphatic heterocycles. The van der Waals surface area contributed by atoms with E-state index in [1.165, 1.54) is 0 Å². The lowest BCUT2D eigenvalue weighted by Crippen LogP contribution is -2.59. The van der Waals surface area contributed by atoms with Crippen LogP contribution in [0.25, 0.3) is 0 Å². The van der Waals surface area contributed by atoms with Crippen LogP contribution in [0.2, 0.25) is 0 Å². The van der Waals surface area contributed by atoms with E-state index in [2.05, 4.69) is 0 Å². The highest BCUT2D eigenvalue weighted by Crippen LogP contribution is 2.32. The summed E-state index contributed by atoms with van der Waals surface area (Å²) in [5, 5.41) is 51.2. The minimum Gasteiger partial charge on any atom is -0.389 e. The first kappa shape index (κ1) is 21.6. The van der Waals surface area contributed by atoms with Gasteiger partial charge in [0.2, 0.25) is 5.91 Å². The summed E-state index contributed by atoms with van der Waals surface area (Å²) in [6, 6.07) is 8.23. The van der Waals surface area contributed by atoms with Gasteiger partial charge in [-0.05, 0) is 18.4 Å². The second-order valence-electron chi connectivity index (χ2n) is 7.71. The number of carbonyl (C=O) groups excluding carboxylic acids is 2. The topological polar surface area (TPSA) is 168 Å². The zero-order chi connectivity index (χ0) is 21.3. The number of amides is 2. The quantitative estimate of drug-likeness (QED) is 0.270. The number of aliphatic hydroxyl groups excluding tert-OH is 3. The zero-order valence-corrected chi connectivity index (χ0v) is 15.8. The number of hydrogen-bond acceptors (Lipinski definition) is 8. The molecule has 2 aliphatic rings. The maximum absolute atomic E-state index is 12.9. The Bertz CT molecular complexity index is 735. The van der Waals surface area contributed by atoms with Crippen LogP contribution in [0.1, 0.15) is 12.0 Å². The Morgan fingerprint density at radius 1 is 1.14 bits per heavy atom. The molecule has 0 bridgehead atoms. The third-order valence-electron chi connectivity index (χ3n) is 5.78. The van der Waals surface area contributed by atoms with Gasteiger partial charge in [-0.15, -0.1) is 0 Å². The monoisotopic (exact) mass is 409 g/mol. The number of benzene rings is 1. The van der Waals surface area contributed by atoms with Gasteiger partial charge in [0.25, 0.3) is 11.8 Å². The molecule has 1 aromatic rings.